The lowest BCUT2D eigenvalue weighted by Crippen LogP contribution is -2.01. The van der Waals surface area contributed by atoms with E-state index < -0.39 is 0 Å². The maximum Gasteiger partial charge on any atom is 0.163 e. The van der Waals surface area contributed by atoms with Crippen molar-refractivity contribution >= 4 is 44.6 Å². The fourth-order valence-electron chi connectivity index (χ4n) is 3.11. The molecule has 4 aromatic rings. The van der Waals surface area contributed by atoms with E-state index in [-0.39, 0.29) is 0 Å². The highest BCUT2D eigenvalue weighted by Gasteiger charge is 2.17. The van der Waals surface area contributed by atoms with Gasteiger partial charge in [-0.1, -0.05) is 36.4 Å². The van der Waals surface area contributed by atoms with Crippen LogP contribution in [0, 0.1) is 0 Å². The summed E-state index contributed by atoms with van der Waals surface area (Å²) in [7, 11) is 0. The van der Waals surface area contributed by atoms with Crippen LogP contribution >= 0.6 is 0 Å². The van der Waals surface area contributed by atoms with E-state index in [1.54, 1.807) is 0 Å². The van der Waals surface area contributed by atoms with Gasteiger partial charge in [-0.25, -0.2) is 9.97 Å². The molecule has 0 atom stereocenters. The molecule has 3 nitrogen and oxygen atoms in total. The Labute approximate surface area is 121 Å². The largest absolute Gasteiger partial charge is 0.360 e. The summed E-state index contributed by atoms with van der Waals surface area (Å²) in [6, 6.07) is 16.4. The summed E-state index contributed by atoms with van der Waals surface area (Å²) in [5.41, 5.74) is 5.06. The molecule has 5 rings (SSSR count). The van der Waals surface area contributed by atoms with Crippen molar-refractivity contribution in [1.29, 1.82) is 0 Å². The second-order valence-electron chi connectivity index (χ2n) is 5.22. The first kappa shape index (κ1) is 10.8. The van der Waals surface area contributed by atoms with Gasteiger partial charge >= 0.3 is 0 Å². The summed E-state index contributed by atoms with van der Waals surface area (Å²) in [6.07, 6.45) is 4.10. The van der Waals surface area contributed by atoms with Gasteiger partial charge < -0.3 is 5.32 Å². The number of nitrogens with one attached hydrogen (secondary N) is 1. The summed E-state index contributed by atoms with van der Waals surface area (Å²) in [4.78, 5) is 9.49. The lowest BCUT2D eigenvalue weighted by atomic mass is 9.99. The molecule has 3 heteroatoms. The normalized spacial score (nSPS) is 13.0. The maximum atomic E-state index is 4.75. The molecule has 0 saturated carbocycles. The second-order valence-corrected chi connectivity index (χ2v) is 5.22. The van der Waals surface area contributed by atoms with Gasteiger partial charge in [0, 0.05) is 17.0 Å². The monoisotopic (exact) mass is 269 g/mol. The van der Waals surface area contributed by atoms with Gasteiger partial charge in [0.1, 0.15) is 0 Å². The number of pyridine rings is 2. The number of hydrogen-bond donors (Lipinski definition) is 1. The molecule has 1 aliphatic rings. The summed E-state index contributed by atoms with van der Waals surface area (Å²) in [5, 5.41) is 6.78. The van der Waals surface area contributed by atoms with E-state index >= 15 is 0 Å². The standard InChI is InChI=1S/C18H11N3/c1-3-7-14-11(5-1)12-9-10-19-17-13-6-2-4-8-15(13)21-18(20-14)16(12)17/h1-10,19H. The molecule has 1 aliphatic heterocycles. The highest BCUT2D eigenvalue weighted by Crippen LogP contribution is 2.38. The van der Waals surface area contributed by atoms with E-state index in [1.165, 1.54) is 10.9 Å². The first-order valence-corrected chi connectivity index (χ1v) is 6.96. The number of para-hydroxylation sites is 2. The van der Waals surface area contributed by atoms with Crippen molar-refractivity contribution in [3.63, 3.8) is 0 Å². The van der Waals surface area contributed by atoms with Gasteiger partial charge in [0.05, 0.1) is 22.1 Å². The van der Waals surface area contributed by atoms with E-state index in [4.69, 9.17) is 9.97 Å². The van der Waals surface area contributed by atoms with Crippen molar-refractivity contribution in [2.75, 3.05) is 5.32 Å². The Kier molecular flexibility index (Phi) is 1.95. The Hall–Kier alpha value is -2.94. The van der Waals surface area contributed by atoms with Crippen LogP contribution < -0.4 is 5.32 Å². The minimum Gasteiger partial charge on any atom is -0.360 e. The van der Waals surface area contributed by atoms with Crippen LogP contribution in [0.2, 0.25) is 0 Å². The van der Waals surface area contributed by atoms with Crippen molar-refractivity contribution in [1.82, 2.24) is 9.97 Å². The highest BCUT2D eigenvalue weighted by molar-refractivity contribution is 6.15. The highest BCUT2D eigenvalue weighted by atomic mass is 14.9. The Balaban J connectivity index is 2.12. The lowest BCUT2D eigenvalue weighted by molar-refractivity contribution is 1.37. The fraction of sp³-hybridized carbons (Fsp3) is 0. The molecule has 21 heavy (non-hydrogen) atoms. The molecular weight excluding hydrogens is 258 g/mol. The predicted molar refractivity (Wildman–Crippen MR) is 87.2 cm³/mol. The van der Waals surface area contributed by atoms with Crippen molar-refractivity contribution < 1.29 is 0 Å². The molecule has 3 heterocycles. The van der Waals surface area contributed by atoms with Gasteiger partial charge in [0.2, 0.25) is 0 Å². The minimum absolute atomic E-state index is 0.800. The molecule has 0 unspecified atom stereocenters. The van der Waals surface area contributed by atoms with Crippen LogP contribution in [0.25, 0.3) is 38.9 Å². The minimum atomic E-state index is 0.800. The van der Waals surface area contributed by atoms with Crippen LogP contribution in [0.15, 0.2) is 54.7 Å². The Morgan fingerprint density at radius 1 is 0.762 bits per heavy atom. The smallest absolute Gasteiger partial charge is 0.163 e. The zero-order chi connectivity index (χ0) is 13.8. The van der Waals surface area contributed by atoms with E-state index in [2.05, 4.69) is 29.6 Å². The molecule has 0 fully saturated rings. The van der Waals surface area contributed by atoms with Crippen molar-refractivity contribution in [3.8, 4) is 0 Å². The number of rotatable bonds is 0. The average Bonchev–Trinajstić information content (AvgIpc) is 2.55. The Morgan fingerprint density at radius 3 is 2.24 bits per heavy atom. The molecule has 2 aromatic heterocycles. The van der Waals surface area contributed by atoms with Crippen molar-refractivity contribution in [3.05, 3.63) is 60.3 Å². The van der Waals surface area contributed by atoms with Crippen LogP contribution in [0.5, 0.6) is 0 Å². The van der Waals surface area contributed by atoms with Gasteiger partial charge in [-0.3, -0.25) is 0 Å². The number of aromatic nitrogens is 2. The molecule has 0 radical (unpaired) electrons. The molecule has 0 aliphatic carbocycles. The molecule has 0 amide bonds. The average molecular weight is 269 g/mol. The Bertz CT molecular complexity index is 1060. The van der Waals surface area contributed by atoms with E-state index in [9.17, 15) is 0 Å². The summed E-state index contributed by atoms with van der Waals surface area (Å²) in [6.45, 7) is 0. The predicted octanol–water partition coefficient (Wildman–Crippen LogP) is 4.33. The number of anilines is 1. The zero-order valence-corrected chi connectivity index (χ0v) is 11.2. The van der Waals surface area contributed by atoms with Gasteiger partial charge in [0.15, 0.2) is 5.65 Å². The molecule has 1 N–H and O–H groups in total. The maximum absolute atomic E-state index is 4.75. The number of fused-ring (bicyclic) bond motifs is 4. The van der Waals surface area contributed by atoms with E-state index in [1.807, 2.05) is 36.5 Å². The summed E-state index contributed by atoms with van der Waals surface area (Å²) in [5.74, 6) is 0. The molecule has 2 aromatic carbocycles. The zero-order valence-electron chi connectivity index (χ0n) is 11.2. The van der Waals surface area contributed by atoms with E-state index in [0.29, 0.717) is 0 Å². The van der Waals surface area contributed by atoms with Gasteiger partial charge in [0.25, 0.3) is 0 Å². The van der Waals surface area contributed by atoms with Gasteiger partial charge in [-0.2, -0.15) is 0 Å². The number of hydrogen-bond acceptors (Lipinski definition) is 3. The van der Waals surface area contributed by atoms with Crippen molar-refractivity contribution in [2.45, 2.75) is 0 Å². The van der Waals surface area contributed by atoms with Crippen LogP contribution in [0.3, 0.4) is 0 Å². The SMILES string of the molecule is C1=Cc2c3ccccc3nc3nc4ccccc4c(c23)N1. The number of benzene rings is 2. The third kappa shape index (κ3) is 1.37. The molecule has 0 spiro atoms. The van der Waals surface area contributed by atoms with Gasteiger partial charge in [-0.05, 0) is 23.8 Å². The van der Waals surface area contributed by atoms with Crippen LogP contribution in [-0.2, 0) is 0 Å². The van der Waals surface area contributed by atoms with Crippen LogP contribution in [0.1, 0.15) is 5.56 Å². The molecule has 98 valence electrons. The lowest BCUT2D eigenvalue weighted by Gasteiger charge is -2.17. The van der Waals surface area contributed by atoms with E-state index in [0.717, 1.165) is 33.1 Å². The number of nitrogens with zero attached hydrogens (tertiary/aromatic N) is 2. The topological polar surface area (TPSA) is 37.8 Å². The first-order chi connectivity index (χ1) is 10.4. The van der Waals surface area contributed by atoms with Gasteiger partial charge in [-0.15, -0.1) is 0 Å². The molecule has 0 saturated heterocycles. The third-order valence-electron chi connectivity index (χ3n) is 4.04. The van der Waals surface area contributed by atoms with Crippen LogP contribution in [-0.4, -0.2) is 9.97 Å². The summed E-state index contributed by atoms with van der Waals surface area (Å²) < 4.78 is 0. The third-order valence-corrected chi connectivity index (χ3v) is 4.04. The fourth-order valence-corrected chi connectivity index (χ4v) is 3.11. The quantitative estimate of drug-likeness (QED) is 0.483. The van der Waals surface area contributed by atoms with Crippen molar-refractivity contribution in [2.24, 2.45) is 0 Å². The second kappa shape index (κ2) is 3.79. The Morgan fingerprint density at radius 2 is 1.43 bits per heavy atom. The summed E-state index contributed by atoms with van der Waals surface area (Å²) >= 11 is 0. The molecule has 0 bridgehead atoms. The molecular formula is C18H11N3. The van der Waals surface area contributed by atoms with Crippen LogP contribution in [0.4, 0.5) is 5.69 Å². The first-order valence-electron chi connectivity index (χ1n) is 6.96.